The second-order valence-corrected chi connectivity index (χ2v) is 11.2. The van der Waals surface area contributed by atoms with Crippen LogP contribution >= 0.6 is 11.8 Å². The molecule has 8 rings (SSSR count). The molecule has 5 nitrogen and oxygen atoms in total. The minimum Gasteiger partial charge on any atom is -0.294 e. The van der Waals surface area contributed by atoms with Crippen LogP contribution in [0.5, 0.6) is 0 Å². The van der Waals surface area contributed by atoms with Gasteiger partial charge >= 0.3 is 0 Å². The van der Waals surface area contributed by atoms with Crippen molar-refractivity contribution in [3.05, 3.63) is 145 Å². The van der Waals surface area contributed by atoms with Crippen LogP contribution in [0, 0.1) is 6.85 Å². The molecule has 0 saturated carbocycles. The quantitative estimate of drug-likeness (QED) is 0.207. The van der Waals surface area contributed by atoms with E-state index in [1.165, 1.54) is 0 Å². The summed E-state index contributed by atoms with van der Waals surface area (Å²) in [6, 6.07) is 44.2. The Morgan fingerprint density at radius 1 is 0.619 bits per heavy atom. The first-order valence-corrected chi connectivity index (χ1v) is 14.5. The van der Waals surface area contributed by atoms with Crippen LogP contribution in [-0.4, -0.2) is 9.55 Å². The summed E-state index contributed by atoms with van der Waals surface area (Å²) in [5, 5.41) is 5.86. The fourth-order valence-electron chi connectivity index (χ4n) is 5.52. The van der Waals surface area contributed by atoms with Gasteiger partial charge in [0.15, 0.2) is 0 Å². The molecule has 0 fully saturated rings. The van der Waals surface area contributed by atoms with E-state index in [0.717, 1.165) is 54.3 Å². The Bertz CT molecular complexity index is 2200. The van der Waals surface area contributed by atoms with Crippen LogP contribution in [0.2, 0.25) is 0 Å². The first kappa shape index (κ1) is 21.7. The largest absolute Gasteiger partial charge is 0.294 e. The summed E-state index contributed by atoms with van der Waals surface area (Å²) in [5.41, 5.74) is 5.98. The van der Waals surface area contributed by atoms with Gasteiger partial charge in [0.25, 0.3) is 0 Å². The first-order chi connectivity index (χ1) is 21.9. The predicted octanol–water partition coefficient (Wildman–Crippen LogP) is 9.77. The van der Waals surface area contributed by atoms with Crippen LogP contribution in [0.1, 0.15) is 9.68 Å². The smallest absolute Gasteiger partial charge is 0.137 e. The third-order valence-corrected chi connectivity index (χ3v) is 8.36. The summed E-state index contributed by atoms with van der Waals surface area (Å²) >= 11 is 1.66. The van der Waals surface area contributed by atoms with E-state index in [0.29, 0.717) is 5.82 Å². The zero-order chi connectivity index (χ0) is 30.5. The molecule has 0 bridgehead atoms. The molecule has 0 amide bonds. The van der Waals surface area contributed by atoms with Gasteiger partial charge in [-0.25, -0.2) is 4.98 Å². The third kappa shape index (κ3) is 4.20. The Hall–Kier alpha value is -5.04. The van der Waals surface area contributed by atoms with Gasteiger partial charge in [-0.2, -0.15) is 10.1 Å². The van der Waals surface area contributed by atoms with Gasteiger partial charge in [-0.05, 0) is 85.2 Å². The fraction of sp³-hybridized carbons (Fsp3) is 0.0278. The maximum absolute atomic E-state index is 7.93. The molecule has 5 aromatic carbocycles. The van der Waals surface area contributed by atoms with Gasteiger partial charge in [-0.15, -0.1) is 4.94 Å². The van der Waals surface area contributed by atoms with Crippen LogP contribution in [-0.2, 0) is 4.94 Å². The molecule has 0 aliphatic carbocycles. The molecular formula is C36H26N4OS. The minimum absolute atomic E-state index is 0.261. The lowest BCUT2D eigenvalue weighted by molar-refractivity contribution is 0.156. The van der Waals surface area contributed by atoms with Crippen molar-refractivity contribution in [2.24, 2.45) is 0 Å². The summed E-state index contributed by atoms with van der Waals surface area (Å²) in [6.07, 6.45) is 1.57. The number of pyridine rings is 1. The predicted molar refractivity (Wildman–Crippen MR) is 172 cm³/mol. The number of hydrogen-bond donors (Lipinski definition) is 0. The molecule has 0 N–H and O–H groups in total. The average molecular weight is 566 g/mol. The van der Waals surface area contributed by atoms with E-state index in [9.17, 15) is 0 Å². The van der Waals surface area contributed by atoms with Crippen LogP contribution in [0.25, 0.3) is 27.6 Å². The maximum atomic E-state index is 7.93. The number of aromatic nitrogens is 2. The summed E-state index contributed by atoms with van der Waals surface area (Å²) < 4.78 is 25.8. The molecule has 42 heavy (non-hydrogen) atoms. The highest BCUT2D eigenvalue weighted by Gasteiger charge is 2.30. The first-order valence-electron chi connectivity index (χ1n) is 15.1. The molecule has 0 saturated heterocycles. The molecule has 0 atom stereocenters. The van der Waals surface area contributed by atoms with Crippen molar-refractivity contribution in [1.82, 2.24) is 9.55 Å². The monoisotopic (exact) mass is 565 g/mol. The van der Waals surface area contributed by atoms with Crippen molar-refractivity contribution in [1.29, 1.82) is 0 Å². The molecule has 1 aliphatic rings. The zero-order valence-corrected chi connectivity index (χ0v) is 23.2. The third-order valence-electron chi connectivity index (χ3n) is 7.38. The molecule has 1 aliphatic heterocycles. The van der Waals surface area contributed by atoms with Crippen LogP contribution in [0.3, 0.4) is 0 Å². The highest BCUT2D eigenvalue weighted by molar-refractivity contribution is 7.99. The Morgan fingerprint density at radius 3 is 2.19 bits per heavy atom. The van der Waals surface area contributed by atoms with E-state index in [-0.39, 0.29) is 5.56 Å². The number of nitrogens with zero attached hydrogens (tertiary/aromatic N) is 4. The van der Waals surface area contributed by atoms with Crippen LogP contribution in [0.4, 0.5) is 22.7 Å². The zero-order valence-electron chi connectivity index (χ0n) is 25.4. The van der Waals surface area contributed by atoms with E-state index >= 15 is 0 Å². The summed E-state index contributed by atoms with van der Waals surface area (Å²) in [5.74, 6) is 0.576. The van der Waals surface area contributed by atoms with Gasteiger partial charge in [0, 0.05) is 30.9 Å². The Kier molecular flexibility index (Phi) is 5.21. The van der Waals surface area contributed by atoms with E-state index in [2.05, 4.69) is 53.5 Å². The van der Waals surface area contributed by atoms with Gasteiger partial charge in [-0.3, -0.25) is 4.57 Å². The van der Waals surface area contributed by atoms with Crippen molar-refractivity contribution in [2.45, 2.75) is 16.6 Å². The molecule has 0 unspecified atom stereocenters. The standard InChI is InChI=1S/C36H26N4OS/c1-25-20-21-37-36(22-25)38-32-15-6-5-14-30(32)31-19-18-29(24-35(31)38)42-28-13-9-12-27(23-28)40-34-17-8-7-16-33(34)39(41-40)26-10-3-2-4-11-26/h2-24H,1H3/i1D3. The number of hydrogen-bond acceptors (Lipinski definition) is 5. The molecule has 7 aromatic rings. The number of anilines is 4. The second-order valence-electron chi connectivity index (χ2n) is 10.0. The Morgan fingerprint density at radius 2 is 1.33 bits per heavy atom. The topological polar surface area (TPSA) is 33.5 Å². The van der Waals surface area contributed by atoms with Crippen LogP contribution < -0.4 is 10.1 Å². The lowest BCUT2D eigenvalue weighted by Gasteiger charge is -2.20. The molecular weight excluding hydrogens is 536 g/mol. The highest BCUT2D eigenvalue weighted by Crippen LogP contribution is 2.46. The molecule has 6 heteroatoms. The highest BCUT2D eigenvalue weighted by atomic mass is 32.2. The maximum Gasteiger partial charge on any atom is 0.137 e. The SMILES string of the molecule is [2H]C([2H])([2H])c1ccnc(-n2c3ccccc3c3ccc(Sc4cccc(N5ON(c6ccccc6)c6ccccc65)c4)cc32)c1. The molecule has 3 heterocycles. The fourth-order valence-corrected chi connectivity index (χ4v) is 6.43. The molecule has 2 aromatic heterocycles. The van der Waals surface area contributed by atoms with Gasteiger partial charge in [0.1, 0.15) is 5.82 Å². The summed E-state index contributed by atoms with van der Waals surface area (Å²) in [6.45, 7) is -2.22. The lowest BCUT2D eigenvalue weighted by atomic mass is 10.2. The van der Waals surface area contributed by atoms with Crippen molar-refractivity contribution in [3.8, 4) is 5.82 Å². The van der Waals surface area contributed by atoms with E-state index in [1.54, 1.807) is 30.1 Å². The number of rotatable bonds is 5. The normalized spacial score (nSPS) is 14.1. The van der Waals surface area contributed by atoms with E-state index in [1.807, 2.05) is 87.5 Å². The van der Waals surface area contributed by atoms with E-state index in [4.69, 9.17) is 9.05 Å². The number of para-hydroxylation sites is 4. The molecule has 0 radical (unpaired) electrons. The minimum atomic E-state index is -2.22. The number of fused-ring (bicyclic) bond motifs is 4. The van der Waals surface area contributed by atoms with Crippen molar-refractivity contribution in [3.63, 3.8) is 0 Å². The van der Waals surface area contributed by atoms with Gasteiger partial charge < -0.3 is 0 Å². The number of benzene rings is 5. The Labute approximate surface area is 252 Å². The average Bonchev–Trinajstić information content (AvgIpc) is 3.61. The lowest BCUT2D eigenvalue weighted by Crippen LogP contribution is -2.20. The molecule has 0 spiro atoms. The van der Waals surface area contributed by atoms with Gasteiger partial charge in [-0.1, -0.05) is 72.4 Å². The molecule has 202 valence electrons. The Balaban J connectivity index is 1.17. The van der Waals surface area contributed by atoms with Gasteiger partial charge in [0.2, 0.25) is 0 Å². The summed E-state index contributed by atoms with van der Waals surface area (Å²) in [4.78, 5) is 13.1. The second kappa shape index (κ2) is 10.1. The van der Waals surface area contributed by atoms with Crippen molar-refractivity contribution < 1.29 is 9.05 Å². The van der Waals surface area contributed by atoms with Crippen molar-refractivity contribution in [2.75, 3.05) is 10.1 Å². The van der Waals surface area contributed by atoms with Crippen molar-refractivity contribution >= 4 is 56.3 Å². The van der Waals surface area contributed by atoms with Crippen LogP contribution in [0.15, 0.2) is 149 Å². The number of aryl methyl sites for hydroxylation is 1. The summed E-state index contributed by atoms with van der Waals surface area (Å²) in [7, 11) is 0. The van der Waals surface area contributed by atoms with E-state index < -0.39 is 6.85 Å². The van der Waals surface area contributed by atoms with Gasteiger partial charge in [0.05, 0.1) is 33.8 Å².